The van der Waals surface area contributed by atoms with Crippen molar-refractivity contribution in [3.8, 4) is 11.5 Å². The van der Waals surface area contributed by atoms with Crippen molar-refractivity contribution in [1.29, 1.82) is 0 Å². The van der Waals surface area contributed by atoms with E-state index in [0.717, 1.165) is 6.33 Å². The lowest BCUT2D eigenvalue weighted by molar-refractivity contribution is 0.0740. The number of nitrogens with two attached hydrogens (primary N) is 1. The second kappa shape index (κ2) is 5.21. The van der Waals surface area contributed by atoms with E-state index in [1.165, 1.54) is 31.3 Å². The summed E-state index contributed by atoms with van der Waals surface area (Å²) in [5.41, 5.74) is 6.03. The van der Waals surface area contributed by atoms with Gasteiger partial charge in [0.2, 0.25) is 0 Å². The number of aromatic nitrogens is 3. The second-order valence-corrected chi connectivity index (χ2v) is 4.64. The first kappa shape index (κ1) is 14.2. The van der Waals surface area contributed by atoms with Crippen LogP contribution < -0.4 is 10.5 Å². The van der Waals surface area contributed by atoms with Gasteiger partial charge in [-0.2, -0.15) is 8.78 Å². The lowest BCUT2D eigenvalue weighted by Gasteiger charge is -2.10. The van der Waals surface area contributed by atoms with Gasteiger partial charge in [0.25, 0.3) is 0 Å². The molecule has 0 aliphatic heterocycles. The fraction of sp³-hybridized carbons (Fsp3) is 0.143. The number of benzene rings is 1. The fourth-order valence-electron chi connectivity index (χ4n) is 2.02. The average Bonchev–Trinajstić information content (AvgIpc) is 2.91. The van der Waals surface area contributed by atoms with Gasteiger partial charge in [0.15, 0.2) is 11.5 Å². The third-order valence-electron chi connectivity index (χ3n) is 3.19. The molecule has 0 saturated carbocycles. The molecule has 0 saturated heterocycles. The molecule has 0 spiro atoms. The quantitative estimate of drug-likeness (QED) is 0.750. The number of hydrogen-bond acceptors (Lipinski definition) is 4. The molecule has 0 radical (unpaired) electrons. The van der Waals surface area contributed by atoms with E-state index in [4.69, 9.17) is 10.5 Å². The van der Waals surface area contributed by atoms with Crippen LogP contribution >= 0.6 is 0 Å². The Bertz CT molecular complexity index is 847. The number of fused-ring (bicyclic) bond motifs is 1. The van der Waals surface area contributed by atoms with E-state index in [-0.39, 0.29) is 33.9 Å². The largest absolute Gasteiger partial charge is 0.455 e. The molecule has 3 aromatic rings. The molecule has 0 bridgehead atoms. The zero-order valence-corrected chi connectivity index (χ0v) is 11.4. The molecule has 1 aromatic carbocycles. The Morgan fingerprint density at radius 3 is 2.77 bits per heavy atom. The predicted octanol–water partition coefficient (Wildman–Crippen LogP) is 3.65. The molecule has 0 aliphatic carbocycles. The molecule has 2 heterocycles. The molecule has 2 aromatic heterocycles. The first-order chi connectivity index (χ1) is 10.5. The summed E-state index contributed by atoms with van der Waals surface area (Å²) in [6.07, 6.45) is 2.27. The molecular weight excluding hydrogens is 297 g/mol. The Balaban J connectivity index is 1.97. The van der Waals surface area contributed by atoms with Crippen molar-refractivity contribution in [3.05, 3.63) is 42.1 Å². The van der Waals surface area contributed by atoms with Crippen LogP contribution in [-0.2, 0) is 0 Å². The highest BCUT2D eigenvalue weighted by atomic mass is 19.3. The molecule has 8 heteroatoms. The zero-order valence-electron chi connectivity index (χ0n) is 11.4. The van der Waals surface area contributed by atoms with Gasteiger partial charge in [0, 0.05) is 11.6 Å². The monoisotopic (exact) mass is 308 g/mol. The molecule has 22 heavy (non-hydrogen) atoms. The summed E-state index contributed by atoms with van der Waals surface area (Å²) in [5.74, 6) is -0.0334. The lowest BCUT2D eigenvalue weighted by Crippen LogP contribution is -1.98. The minimum atomic E-state index is -2.72. The Labute approximate surface area is 123 Å². The third kappa shape index (κ3) is 2.32. The lowest BCUT2D eigenvalue weighted by atomic mass is 10.2. The zero-order chi connectivity index (χ0) is 15.9. The average molecular weight is 308 g/mol. The first-order valence-corrected chi connectivity index (χ1v) is 6.30. The molecule has 0 fully saturated rings. The van der Waals surface area contributed by atoms with Gasteiger partial charge in [-0.1, -0.05) is 0 Å². The van der Waals surface area contributed by atoms with Crippen LogP contribution in [0.2, 0.25) is 0 Å². The number of hydrogen-bond donors (Lipinski definition) is 1. The molecule has 2 N–H and O–H groups in total. The van der Waals surface area contributed by atoms with Crippen LogP contribution in [0.25, 0.3) is 11.2 Å². The summed E-state index contributed by atoms with van der Waals surface area (Å²) >= 11 is 0. The van der Waals surface area contributed by atoms with E-state index in [9.17, 15) is 13.2 Å². The summed E-state index contributed by atoms with van der Waals surface area (Å²) in [7, 11) is 0. The highest BCUT2D eigenvalue weighted by molar-refractivity contribution is 5.72. The molecule has 114 valence electrons. The number of ether oxygens (including phenoxy) is 1. The highest BCUT2D eigenvalue weighted by Gasteiger charge is 2.14. The highest BCUT2D eigenvalue weighted by Crippen LogP contribution is 2.30. The van der Waals surface area contributed by atoms with Crippen LogP contribution in [0.3, 0.4) is 0 Å². The number of halogens is 3. The van der Waals surface area contributed by atoms with Gasteiger partial charge < -0.3 is 10.5 Å². The van der Waals surface area contributed by atoms with E-state index in [1.807, 2.05) is 0 Å². The van der Waals surface area contributed by atoms with Crippen LogP contribution in [0.15, 0.2) is 30.7 Å². The number of rotatable bonds is 3. The van der Waals surface area contributed by atoms with Crippen LogP contribution in [0.1, 0.15) is 12.1 Å². The Morgan fingerprint density at radius 1 is 1.27 bits per heavy atom. The Hall–Kier alpha value is -2.77. The SMILES string of the molecule is Cc1c(Oc2cnc3c(c2)ncn3C(F)F)ccc(N)c1F. The Morgan fingerprint density at radius 2 is 2.05 bits per heavy atom. The Kier molecular flexibility index (Phi) is 3.36. The van der Waals surface area contributed by atoms with Gasteiger partial charge in [-0.15, -0.1) is 0 Å². The van der Waals surface area contributed by atoms with Gasteiger partial charge in [-0.25, -0.2) is 14.4 Å². The first-order valence-electron chi connectivity index (χ1n) is 6.30. The van der Waals surface area contributed by atoms with Crippen LogP contribution in [-0.4, -0.2) is 14.5 Å². The van der Waals surface area contributed by atoms with Crippen molar-refractivity contribution < 1.29 is 17.9 Å². The summed E-state index contributed by atoms with van der Waals surface area (Å²) < 4.78 is 45.3. The van der Waals surface area contributed by atoms with E-state index in [2.05, 4.69) is 9.97 Å². The maximum atomic E-state index is 13.7. The van der Waals surface area contributed by atoms with Crippen LogP contribution in [0, 0.1) is 12.7 Å². The topological polar surface area (TPSA) is 66.0 Å². The van der Waals surface area contributed by atoms with E-state index >= 15 is 0 Å². The van der Waals surface area contributed by atoms with Gasteiger partial charge in [-0.05, 0) is 19.1 Å². The van der Waals surface area contributed by atoms with E-state index in [1.54, 1.807) is 0 Å². The number of nitrogens with zero attached hydrogens (tertiary/aromatic N) is 3. The van der Waals surface area contributed by atoms with Crippen molar-refractivity contribution in [3.63, 3.8) is 0 Å². The number of imidazole rings is 1. The van der Waals surface area contributed by atoms with Crippen molar-refractivity contribution >= 4 is 16.9 Å². The normalized spacial score (nSPS) is 11.3. The van der Waals surface area contributed by atoms with Gasteiger partial charge >= 0.3 is 6.55 Å². The molecule has 0 amide bonds. The third-order valence-corrected chi connectivity index (χ3v) is 3.19. The number of nitrogen functional groups attached to an aromatic ring is 1. The molecule has 0 unspecified atom stereocenters. The van der Waals surface area contributed by atoms with E-state index < -0.39 is 12.4 Å². The smallest absolute Gasteiger partial charge is 0.321 e. The summed E-state index contributed by atoms with van der Waals surface area (Å²) in [5, 5.41) is 0. The van der Waals surface area contributed by atoms with Gasteiger partial charge in [0.05, 0.1) is 11.9 Å². The second-order valence-electron chi connectivity index (χ2n) is 4.64. The maximum Gasteiger partial charge on any atom is 0.321 e. The summed E-state index contributed by atoms with van der Waals surface area (Å²) in [6, 6.07) is 4.36. The number of alkyl halides is 2. The molecular formula is C14H11F3N4O. The summed E-state index contributed by atoms with van der Waals surface area (Å²) in [6.45, 7) is -1.20. The molecule has 3 rings (SSSR count). The molecule has 5 nitrogen and oxygen atoms in total. The minimum Gasteiger partial charge on any atom is -0.455 e. The number of pyridine rings is 1. The van der Waals surface area contributed by atoms with Crippen molar-refractivity contribution in [2.75, 3.05) is 5.73 Å². The predicted molar refractivity (Wildman–Crippen MR) is 74.4 cm³/mol. The molecule has 0 atom stereocenters. The van der Waals surface area contributed by atoms with Crippen molar-refractivity contribution in [2.45, 2.75) is 13.5 Å². The number of anilines is 1. The van der Waals surface area contributed by atoms with Crippen molar-refractivity contribution in [1.82, 2.24) is 14.5 Å². The standard InChI is InChI=1S/C14H11F3N4O/c1-7-11(3-2-9(18)12(7)15)22-8-4-10-13(19-5-8)21(6-20-10)14(16)17/h2-6,14H,18H2,1H3. The van der Waals surface area contributed by atoms with Crippen LogP contribution in [0.5, 0.6) is 11.5 Å². The summed E-state index contributed by atoms with van der Waals surface area (Å²) in [4.78, 5) is 7.75. The van der Waals surface area contributed by atoms with Gasteiger partial charge in [0.1, 0.15) is 23.3 Å². The minimum absolute atomic E-state index is 0.0223. The van der Waals surface area contributed by atoms with Crippen LogP contribution in [0.4, 0.5) is 18.9 Å². The van der Waals surface area contributed by atoms with Crippen molar-refractivity contribution in [2.24, 2.45) is 0 Å². The molecule has 0 aliphatic rings. The van der Waals surface area contributed by atoms with Gasteiger partial charge in [-0.3, -0.25) is 4.57 Å². The van der Waals surface area contributed by atoms with E-state index in [0.29, 0.717) is 4.57 Å². The maximum absolute atomic E-state index is 13.7. The fourth-order valence-corrected chi connectivity index (χ4v) is 2.02.